The number of carbonyl (C=O) groups is 1. The molecule has 9 nitrogen and oxygen atoms in total. The highest BCUT2D eigenvalue weighted by atomic mass is 32.1. The number of fused-ring (bicyclic) bond motifs is 1. The lowest BCUT2D eigenvalue weighted by Gasteiger charge is -2.10. The lowest BCUT2D eigenvalue weighted by Crippen LogP contribution is -2.27. The maximum atomic E-state index is 12.6. The molecule has 5 aromatic rings. The van der Waals surface area contributed by atoms with E-state index in [1.165, 1.54) is 38.7 Å². The standard InChI is InChI=1S/C24H23N7O2S/c1-14-5-7-17(8-6-14)31-15(2)9-18(16(31)3)20-12-34-24(27-20)28-21(32)11-30-13-25-22-19(23(30)33)10-26-29(22)4/h5-10,12-13H,11H2,1-4H3,(H,27,28,32). The van der Waals surface area contributed by atoms with Crippen LogP contribution in [0.4, 0.5) is 5.13 Å². The van der Waals surface area contributed by atoms with Crippen LogP contribution in [0.1, 0.15) is 17.0 Å². The van der Waals surface area contributed by atoms with Crippen molar-refractivity contribution in [1.29, 1.82) is 0 Å². The second kappa shape index (κ2) is 8.38. The van der Waals surface area contributed by atoms with Crippen molar-refractivity contribution in [3.63, 3.8) is 0 Å². The average molecular weight is 474 g/mol. The Morgan fingerprint density at radius 1 is 1.15 bits per heavy atom. The van der Waals surface area contributed by atoms with E-state index in [0.29, 0.717) is 16.2 Å². The molecule has 172 valence electrons. The Morgan fingerprint density at radius 3 is 2.68 bits per heavy atom. The molecular formula is C24H23N7O2S. The van der Waals surface area contributed by atoms with Crippen molar-refractivity contribution in [2.45, 2.75) is 27.3 Å². The molecule has 0 fully saturated rings. The third kappa shape index (κ3) is 3.81. The zero-order valence-electron chi connectivity index (χ0n) is 19.2. The van der Waals surface area contributed by atoms with Gasteiger partial charge in [0.1, 0.15) is 18.3 Å². The van der Waals surface area contributed by atoms with Crippen molar-refractivity contribution in [3.8, 4) is 16.9 Å². The number of aromatic nitrogens is 6. The molecule has 0 spiro atoms. The smallest absolute Gasteiger partial charge is 0.264 e. The monoisotopic (exact) mass is 473 g/mol. The Hall–Kier alpha value is -4.05. The molecule has 5 rings (SSSR count). The maximum absolute atomic E-state index is 12.6. The molecule has 0 aliphatic carbocycles. The van der Waals surface area contributed by atoms with Crippen LogP contribution in [0.2, 0.25) is 0 Å². The number of hydrogen-bond donors (Lipinski definition) is 1. The second-order valence-electron chi connectivity index (χ2n) is 8.22. The zero-order chi connectivity index (χ0) is 24.0. The van der Waals surface area contributed by atoms with Crippen molar-refractivity contribution in [1.82, 2.24) is 28.9 Å². The van der Waals surface area contributed by atoms with Gasteiger partial charge < -0.3 is 9.88 Å². The number of thiazole rings is 1. The van der Waals surface area contributed by atoms with Crippen LogP contribution in [-0.4, -0.2) is 34.8 Å². The van der Waals surface area contributed by atoms with Gasteiger partial charge in [0.25, 0.3) is 5.56 Å². The number of nitrogens with one attached hydrogen (secondary N) is 1. The maximum Gasteiger partial charge on any atom is 0.264 e. The Bertz CT molecular complexity index is 1590. The van der Waals surface area contributed by atoms with Crippen molar-refractivity contribution < 1.29 is 4.79 Å². The Labute approximate surface area is 199 Å². The van der Waals surface area contributed by atoms with Gasteiger partial charge in [-0.15, -0.1) is 11.3 Å². The van der Waals surface area contributed by atoms with Crippen LogP contribution in [0.15, 0.2) is 53.0 Å². The van der Waals surface area contributed by atoms with Crippen molar-refractivity contribution in [2.24, 2.45) is 7.05 Å². The molecule has 34 heavy (non-hydrogen) atoms. The number of hydrogen-bond acceptors (Lipinski definition) is 6. The molecule has 0 saturated heterocycles. The molecule has 0 atom stereocenters. The summed E-state index contributed by atoms with van der Waals surface area (Å²) in [5.41, 5.74) is 6.47. The number of amides is 1. The summed E-state index contributed by atoms with van der Waals surface area (Å²) in [7, 11) is 1.71. The summed E-state index contributed by atoms with van der Waals surface area (Å²) in [4.78, 5) is 34.0. The molecule has 10 heteroatoms. The van der Waals surface area contributed by atoms with Crippen LogP contribution in [0.25, 0.3) is 28.0 Å². The van der Waals surface area contributed by atoms with E-state index in [0.717, 1.165) is 28.3 Å². The average Bonchev–Trinajstić information content (AvgIpc) is 3.49. The van der Waals surface area contributed by atoms with Gasteiger partial charge >= 0.3 is 0 Å². The molecule has 0 aliphatic rings. The van der Waals surface area contributed by atoms with E-state index in [4.69, 9.17) is 0 Å². The van der Waals surface area contributed by atoms with Crippen LogP contribution in [-0.2, 0) is 18.4 Å². The molecule has 0 unspecified atom stereocenters. The summed E-state index contributed by atoms with van der Waals surface area (Å²) in [5, 5.41) is 9.61. The summed E-state index contributed by atoms with van der Waals surface area (Å²) in [6.45, 7) is 6.04. The highest BCUT2D eigenvalue weighted by molar-refractivity contribution is 7.14. The topological polar surface area (TPSA) is 99.6 Å². The van der Waals surface area contributed by atoms with Gasteiger partial charge in [-0.1, -0.05) is 17.7 Å². The lowest BCUT2D eigenvalue weighted by atomic mass is 10.2. The summed E-state index contributed by atoms with van der Waals surface area (Å²) >= 11 is 1.35. The number of aryl methyl sites for hydroxylation is 3. The molecule has 1 N–H and O–H groups in total. The van der Waals surface area contributed by atoms with E-state index in [2.05, 4.69) is 76.1 Å². The molecular weight excluding hydrogens is 450 g/mol. The number of rotatable bonds is 5. The Kier molecular flexibility index (Phi) is 5.37. The molecule has 1 aromatic carbocycles. The first-order chi connectivity index (χ1) is 16.3. The normalized spacial score (nSPS) is 11.3. The van der Waals surface area contributed by atoms with Gasteiger partial charge in [-0.3, -0.25) is 18.8 Å². The first-order valence-corrected chi connectivity index (χ1v) is 11.6. The first-order valence-electron chi connectivity index (χ1n) is 10.7. The van der Waals surface area contributed by atoms with Gasteiger partial charge in [0.05, 0.1) is 11.9 Å². The molecule has 4 aromatic heterocycles. The first kappa shape index (κ1) is 21.8. The SMILES string of the molecule is Cc1ccc(-n2c(C)cc(-c3csc(NC(=O)Cn4cnc5c(cnn5C)c4=O)n3)c2C)cc1. The fourth-order valence-corrected chi connectivity index (χ4v) is 4.79. The van der Waals surface area contributed by atoms with E-state index in [9.17, 15) is 9.59 Å². The van der Waals surface area contributed by atoms with Crippen LogP contribution in [0, 0.1) is 20.8 Å². The van der Waals surface area contributed by atoms with Crippen LogP contribution in [0.3, 0.4) is 0 Å². The largest absolute Gasteiger partial charge is 0.318 e. The summed E-state index contributed by atoms with van der Waals surface area (Å²) < 4.78 is 4.98. The lowest BCUT2D eigenvalue weighted by molar-refractivity contribution is -0.116. The fourth-order valence-electron chi connectivity index (χ4n) is 4.06. The van der Waals surface area contributed by atoms with Crippen molar-refractivity contribution in [2.75, 3.05) is 5.32 Å². The van der Waals surface area contributed by atoms with Gasteiger partial charge in [-0.25, -0.2) is 9.97 Å². The Morgan fingerprint density at radius 2 is 1.91 bits per heavy atom. The van der Waals surface area contributed by atoms with Gasteiger partial charge in [-0.05, 0) is 39.0 Å². The van der Waals surface area contributed by atoms with E-state index < -0.39 is 0 Å². The minimum absolute atomic E-state index is 0.159. The highest BCUT2D eigenvalue weighted by Crippen LogP contribution is 2.31. The molecule has 0 saturated carbocycles. The minimum Gasteiger partial charge on any atom is -0.318 e. The van der Waals surface area contributed by atoms with E-state index >= 15 is 0 Å². The molecule has 4 heterocycles. The van der Waals surface area contributed by atoms with Crippen LogP contribution in [0.5, 0.6) is 0 Å². The zero-order valence-corrected chi connectivity index (χ0v) is 20.1. The van der Waals surface area contributed by atoms with E-state index in [1.54, 1.807) is 7.05 Å². The summed E-state index contributed by atoms with van der Waals surface area (Å²) in [5.74, 6) is -0.349. The van der Waals surface area contributed by atoms with E-state index in [-0.39, 0.29) is 18.0 Å². The van der Waals surface area contributed by atoms with Gasteiger partial charge in [0.2, 0.25) is 5.91 Å². The molecule has 0 aliphatic heterocycles. The number of nitrogens with zero attached hydrogens (tertiary/aromatic N) is 6. The highest BCUT2D eigenvalue weighted by Gasteiger charge is 2.16. The predicted molar refractivity (Wildman–Crippen MR) is 132 cm³/mol. The molecule has 1 amide bonds. The summed E-state index contributed by atoms with van der Waals surface area (Å²) in [6, 6.07) is 10.5. The van der Waals surface area contributed by atoms with Crippen molar-refractivity contribution in [3.05, 3.63) is 75.5 Å². The van der Waals surface area contributed by atoms with Crippen molar-refractivity contribution >= 4 is 33.4 Å². The third-order valence-electron chi connectivity index (χ3n) is 5.78. The number of benzene rings is 1. The van der Waals surface area contributed by atoms with Crippen LogP contribution >= 0.6 is 11.3 Å². The fraction of sp³-hybridized carbons (Fsp3) is 0.208. The predicted octanol–water partition coefficient (Wildman–Crippen LogP) is 3.61. The van der Waals surface area contributed by atoms with Gasteiger partial charge in [-0.2, -0.15) is 5.10 Å². The van der Waals surface area contributed by atoms with E-state index in [1.807, 2.05) is 5.38 Å². The van der Waals surface area contributed by atoms with Crippen LogP contribution < -0.4 is 10.9 Å². The minimum atomic E-state index is -0.349. The van der Waals surface area contributed by atoms with Gasteiger partial charge in [0, 0.05) is 35.1 Å². The molecule has 0 radical (unpaired) electrons. The number of anilines is 1. The number of carbonyl (C=O) groups excluding carboxylic acids is 1. The third-order valence-corrected chi connectivity index (χ3v) is 6.54. The van der Waals surface area contributed by atoms with Gasteiger partial charge in [0.15, 0.2) is 10.8 Å². The molecule has 0 bridgehead atoms. The Balaban J connectivity index is 1.35. The summed E-state index contributed by atoms with van der Waals surface area (Å²) in [6.07, 6.45) is 2.82. The quantitative estimate of drug-likeness (QED) is 0.420. The second-order valence-corrected chi connectivity index (χ2v) is 9.08.